The monoisotopic (exact) mass is 242 g/mol. The summed E-state index contributed by atoms with van der Waals surface area (Å²) >= 11 is 0. The van der Waals surface area contributed by atoms with Gasteiger partial charge in [-0.05, 0) is 54.5 Å². The van der Waals surface area contributed by atoms with Gasteiger partial charge >= 0.3 is 5.97 Å². The van der Waals surface area contributed by atoms with Gasteiger partial charge in [0, 0.05) is 12.1 Å². The van der Waals surface area contributed by atoms with Crippen molar-refractivity contribution in [2.75, 3.05) is 47.9 Å². The van der Waals surface area contributed by atoms with Crippen molar-refractivity contribution < 1.29 is 9.53 Å². The van der Waals surface area contributed by atoms with Gasteiger partial charge in [0.15, 0.2) is 0 Å². The first-order valence-electron chi connectivity index (χ1n) is 6.07. The van der Waals surface area contributed by atoms with Gasteiger partial charge in [-0.25, -0.2) is 4.79 Å². The summed E-state index contributed by atoms with van der Waals surface area (Å²) in [6.45, 7) is 4.07. The molecule has 0 radical (unpaired) electrons. The lowest BCUT2D eigenvalue weighted by molar-refractivity contribution is -0.139. The molecule has 0 aromatic carbocycles. The number of hydrogen-bond acceptors (Lipinski definition) is 4. The van der Waals surface area contributed by atoms with E-state index in [4.69, 9.17) is 4.74 Å². The smallest absolute Gasteiger partial charge is 0.333 e. The Hall–Kier alpha value is -0.870. The Bertz CT molecular complexity index is 248. The lowest BCUT2D eigenvalue weighted by Gasteiger charge is -2.10. The lowest BCUT2D eigenvalue weighted by atomic mass is 10.2. The van der Waals surface area contributed by atoms with Crippen molar-refractivity contribution in [1.82, 2.24) is 9.80 Å². The number of ether oxygens (including phenoxy) is 1. The second-order valence-corrected chi connectivity index (χ2v) is 4.77. The molecule has 0 aromatic rings. The molecule has 0 aliphatic carbocycles. The first-order chi connectivity index (χ1) is 7.93. The second kappa shape index (κ2) is 9.19. The van der Waals surface area contributed by atoms with Crippen molar-refractivity contribution in [2.24, 2.45) is 0 Å². The van der Waals surface area contributed by atoms with Crippen LogP contribution < -0.4 is 0 Å². The molecule has 0 unspecified atom stereocenters. The van der Waals surface area contributed by atoms with E-state index in [1.807, 2.05) is 46.1 Å². The number of unbranched alkanes of at least 4 members (excludes halogenated alkanes) is 1. The first-order valence-corrected chi connectivity index (χ1v) is 6.07. The molecule has 4 nitrogen and oxygen atoms in total. The SMILES string of the molecule is CC(=CCCCN(C)C)C(=O)OCCN(C)C. The molecular formula is C13H26N2O2. The average molecular weight is 242 g/mol. The van der Waals surface area contributed by atoms with Crippen molar-refractivity contribution in [3.63, 3.8) is 0 Å². The third-order valence-electron chi connectivity index (χ3n) is 2.35. The molecule has 0 heterocycles. The summed E-state index contributed by atoms with van der Waals surface area (Å²) in [5.74, 6) is -0.197. The highest BCUT2D eigenvalue weighted by Gasteiger charge is 2.04. The molecule has 100 valence electrons. The number of likely N-dealkylation sites (N-methyl/N-ethyl adjacent to an activating group) is 1. The molecule has 4 heteroatoms. The predicted molar refractivity (Wildman–Crippen MR) is 71.1 cm³/mol. The minimum atomic E-state index is -0.197. The van der Waals surface area contributed by atoms with Crippen molar-refractivity contribution >= 4 is 5.97 Å². The molecule has 0 atom stereocenters. The normalized spacial score (nSPS) is 12.3. The van der Waals surface area contributed by atoms with Gasteiger partial charge in [-0.1, -0.05) is 6.08 Å². The molecule has 0 N–H and O–H groups in total. The number of carbonyl (C=O) groups is 1. The van der Waals surface area contributed by atoms with Crippen LogP contribution in [0.15, 0.2) is 11.6 Å². The number of hydrogen-bond donors (Lipinski definition) is 0. The molecule has 0 aliphatic rings. The van der Waals surface area contributed by atoms with Crippen LogP contribution >= 0.6 is 0 Å². The largest absolute Gasteiger partial charge is 0.461 e. The van der Waals surface area contributed by atoms with Crippen LogP contribution in [0.3, 0.4) is 0 Å². The van der Waals surface area contributed by atoms with E-state index in [0.29, 0.717) is 12.2 Å². The Balaban J connectivity index is 3.75. The van der Waals surface area contributed by atoms with E-state index in [1.54, 1.807) is 0 Å². The molecule has 0 saturated heterocycles. The van der Waals surface area contributed by atoms with Gasteiger partial charge in [-0.3, -0.25) is 0 Å². The maximum absolute atomic E-state index is 11.5. The summed E-state index contributed by atoms with van der Waals surface area (Å²) in [5, 5.41) is 0. The van der Waals surface area contributed by atoms with E-state index in [1.165, 1.54) is 0 Å². The van der Waals surface area contributed by atoms with Crippen LogP contribution in [0, 0.1) is 0 Å². The van der Waals surface area contributed by atoms with Crippen molar-refractivity contribution in [1.29, 1.82) is 0 Å². The summed E-state index contributed by atoms with van der Waals surface area (Å²) in [6, 6.07) is 0. The van der Waals surface area contributed by atoms with Gasteiger partial charge in [0.1, 0.15) is 6.61 Å². The Morgan fingerprint density at radius 2 is 1.71 bits per heavy atom. The molecule has 0 spiro atoms. The summed E-state index contributed by atoms with van der Waals surface area (Å²) in [5.41, 5.74) is 0.711. The Kier molecular flexibility index (Phi) is 8.72. The third kappa shape index (κ3) is 10.0. The van der Waals surface area contributed by atoms with E-state index >= 15 is 0 Å². The van der Waals surface area contributed by atoms with Crippen molar-refractivity contribution in [3.8, 4) is 0 Å². The lowest BCUT2D eigenvalue weighted by Crippen LogP contribution is -2.20. The first kappa shape index (κ1) is 16.1. The minimum Gasteiger partial charge on any atom is -0.461 e. The zero-order chi connectivity index (χ0) is 13.3. The molecule has 17 heavy (non-hydrogen) atoms. The fourth-order valence-electron chi connectivity index (χ4n) is 1.24. The Morgan fingerprint density at radius 1 is 1.12 bits per heavy atom. The van der Waals surface area contributed by atoms with Crippen LogP contribution in [0.25, 0.3) is 0 Å². The van der Waals surface area contributed by atoms with E-state index in [-0.39, 0.29) is 5.97 Å². The zero-order valence-corrected chi connectivity index (χ0v) is 11.8. The minimum absolute atomic E-state index is 0.197. The van der Waals surface area contributed by atoms with Gasteiger partial charge in [0.2, 0.25) is 0 Å². The van der Waals surface area contributed by atoms with E-state index in [9.17, 15) is 4.79 Å². The van der Waals surface area contributed by atoms with Crippen LogP contribution in [0.4, 0.5) is 0 Å². The second-order valence-electron chi connectivity index (χ2n) is 4.77. The predicted octanol–water partition coefficient (Wildman–Crippen LogP) is 1.38. The van der Waals surface area contributed by atoms with E-state index in [0.717, 1.165) is 25.9 Å². The number of carbonyl (C=O) groups excluding carboxylic acids is 1. The highest BCUT2D eigenvalue weighted by Crippen LogP contribution is 2.01. The molecule has 0 aromatic heterocycles. The average Bonchev–Trinajstić information content (AvgIpc) is 2.23. The number of rotatable bonds is 8. The maximum Gasteiger partial charge on any atom is 0.333 e. The fraction of sp³-hybridized carbons (Fsp3) is 0.769. The molecule has 0 bridgehead atoms. The van der Waals surface area contributed by atoms with Gasteiger partial charge in [-0.2, -0.15) is 0 Å². The quantitative estimate of drug-likeness (QED) is 0.366. The fourth-order valence-corrected chi connectivity index (χ4v) is 1.24. The van der Waals surface area contributed by atoms with Gasteiger partial charge in [0.25, 0.3) is 0 Å². The number of nitrogens with zero attached hydrogens (tertiary/aromatic N) is 2. The molecule has 0 saturated carbocycles. The summed E-state index contributed by atoms with van der Waals surface area (Å²) in [7, 11) is 8.01. The molecule has 0 fully saturated rings. The van der Waals surface area contributed by atoms with E-state index in [2.05, 4.69) is 4.90 Å². The Morgan fingerprint density at radius 3 is 2.24 bits per heavy atom. The van der Waals surface area contributed by atoms with Crippen molar-refractivity contribution in [2.45, 2.75) is 19.8 Å². The number of esters is 1. The highest BCUT2D eigenvalue weighted by atomic mass is 16.5. The van der Waals surface area contributed by atoms with Crippen LogP contribution in [0.5, 0.6) is 0 Å². The topological polar surface area (TPSA) is 32.8 Å². The molecule has 0 amide bonds. The van der Waals surface area contributed by atoms with Crippen LogP contribution in [-0.4, -0.2) is 63.7 Å². The summed E-state index contributed by atoms with van der Waals surface area (Å²) in [6.07, 6.45) is 3.95. The zero-order valence-electron chi connectivity index (χ0n) is 11.8. The third-order valence-corrected chi connectivity index (χ3v) is 2.35. The van der Waals surface area contributed by atoms with Crippen LogP contribution in [0.2, 0.25) is 0 Å². The van der Waals surface area contributed by atoms with Gasteiger partial charge in [-0.15, -0.1) is 0 Å². The highest BCUT2D eigenvalue weighted by molar-refractivity contribution is 5.87. The molecule has 0 aliphatic heterocycles. The van der Waals surface area contributed by atoms with E-state index < -0.39 is 0 Å². The molecule has 0 rings (SSSR count). The maximum atomic E-state index is 11.5. The standard InChI is InChI=1S/C13H26N2O2/c1-12(8-6-7-9-14(2)3)13(16)17-11-10-15(4)5/h8H,6-7,9-11H2,1-5H3. The van der Waals surface area contributed by atoms with Crippen LogP contribution in [-0.2, 0) is 9.53 Å². The van der Waals surface area contributed by atoms with Gasteiger partial charge < -0.3 is 14.5 Å². The summed E-state index contributed by atoms with van der Waals surface area (Å²) < 4.78 is 5.13. The van der Waals surface area contributed by atoms with Crippen molar-refractivity contribution in [3.05, 3.63) is 11.6 Å². The summed E-state index contributed by atoms with van der Waals surface area (Å²) in [4.78, 5) is 15.7. The Labute approximate surface area is 105 Å². The van der Waals surface area contributed by atoms with Gasteiger partial charge in [0.05, 0.1) is 0 Å². The molecular weight excluding hydrogens is 216 g/mol. The number of allylic oxidation sites excluding steroid dienone is 1. The van der Waals surface area contributed by atoms with Crippen LogP contribution in [0.1, 0.15) is 19.8 Å².